The Bertz CT molecular complexity index is 1280. The average Bonchev–Trinajstić information content (AvgIpc) is 3.45. The number of benzene rings is 1. The number of nitrogens with two attached hydrogens (primary N) is 1. The van der Waals surface area contributed by atoms with Gasteiger partial charge >= 0.3 is 18.0 Å². The lowest BCUT2D eigenvalue weighted by molar-refractivity contribution is -0.395. The summed E-state index contributed by atoms with van der Waals surface area (Å²) in [5, 5.41) is 19.3. The van der Waals surface area contributed by atoms with Crippen LogP contribution >= 0.6 is 0 Å². The fraction of sp³-hybridized carbons (Fsp3) is 0.600. The molecule has 35 heavy (non-hydrogen) atoms. The van der Waals surface area contributed by atoms with Crippen LogP contribution in [-0.2, 0) is 0 Å². The van der Waals surface area contributed by atoms with Crippen LogP contribution in [0.25, 0.3) is 10.9 Å². The van der Waals surface area contributed by atoms with Crippen molar-refractivity contribution in [1.29, 1.82) is 0 Å². The molecule has 2 atom stereocenters. The Morgan fingerprint density at radius 1 is 1.09 bits per heavy atom. The molecule has 2 unspecified atom stereocenters. The first-order valence-corrected chi connectivity index (χ1v) is 10.6. The molecule has 0 amide bonds. The Balaban J connectivity index is 1.80. The summed E-state index contributed by atoms with van der Waals surface area (Å²) in [6, 6.07) is -0.292. The molecule has 15 heteroatoms. The monoisotopic (exact) mass is 514 g/mol. The van der Waals surface area contributed by atoms with Crippen LogP contribution in [0.15, 0.2) is 9.59 Å². The molecule has 1 aromatic carbocycles. The van der Waals surface area contributed by atoms with Gasteiger partial charge in [0.15, 0.2) is 5.82 Å². The molecule has 2 aromatic rings. The van der Waals surface area contributed by atoms with Crippen molar-refractivity contribution < 1.29 is 40.9 Å². The van der Waals surface area contributed by atoms with Crippen LogP contribution < -0.4 is 21.9 Å². The highest BCUT2D eigenvalue weighted by molar-refractivity contribution is 5.97. The number of aromatic nitrogens is 2. The third kappa shape index (κ3) is 3.66. The highest BCUT2D eigenvalue weighted by Crippen LogP contribution is 2.49. The first-order chi connectivity index (χ1) is 16.0. The maximum absolute atomic E-state index is 15.3. The summed E-state index contributed by atoms with van der Waals surface area (Å²) in [6.07, 6.45) is -15.0. The van der Waals surface area contributed by atoms with Crippen molar-refractivity contribution in [2.24, 2.45) is 5.92 Å². The number of aliphatic hydroxyl groups excluding tert-OH is 1. The Kier molecular flexibility index (Phi) is 5.67. The number of nitrogens with zero attached hydrogens (tertiary/aromatic N) is 2. The van der Waals surface area contributed by atoms with Gasteiger partial charge in [0.25, 0.3) is 11.2 Å². The molecule has 5 N–H and O–H groups in total. The number of aliphatic hydroxyl groups is 2. The van der Waals surface area contributed by atoms with E-state index in [0.717, 1.165) is 4.90 Å². The third-order valence-electron chi connectivity index (χ3n) is 6.76. The molecule has 1 saturated carbocycles. The SMILES string of the molecule is Cc1c(N2CCC(C(O)C(O)(C(F)(F)F)C(F)(F)F)C2)c(F)c(N)c2c(=O)[nH]c(=O)n(C3CC3)c12. The smallest absolute Gasteiger partial charge is 0.396 e. The van der Waals surface area contributed by atoms with E-state index in [2.05, 4.69) is 4.98 Å². The molecule has 2 fully saturated rings. The van der Waals surface area contributed by atoms with Crippen molar-refractivity contribution in [2.75, 3.05) is 23.7 Å². The van der Waals surface area contributed by atoms with Crippen LogP contribution in [0.2, 0.25) is 0 Å². The van der Waals surface area contributed by atoms with E-state index in [1.165, 1.54) is 11.5 Å². The van der Waals surface area contributed by atoms with Crippen molar-refractivity contribution in [2.45, 2.75) is 56.3 Å². The zero-order valence-electron chi connectivity index (χ0n) is 18.1. The number of hydrogen-bond donors (Lipinski definition) is 4. The number of rotatable bonds is 4. The molecule has 4 rings (SSSR count). The van der Waals surface area contributed by atoms with Gasteiger partial charge < -0.3 is 20.8 Å². The summed E-state index contributed by atoms with van der Waals surface area (Å²) in [6.45, 7) is 0.381. The summed E-state index contributed by atoms with van der Waals surface area (Å²) in [5.74, 6) is -2.89. The van der Waals surface area contributed by atoms with E-state index in [1.54, 1.807) is 0 Å². The summed E-state index contributed by atoms with van der Waals surface area (Å²) < 4.78 is 95.7. The van der Waals surface area contributed by atoms with E-state index in [1.807, 2.05) is 0 Å². The van der Waals surface area contributed by atoms with Crippen molar-refractivity contribution in [3.63, 3.8) is 0 Å². The molecule has 1 aromatic heterocycles. The number of aryl methyl sites for hydroxylation is 1. The molecule has 2 heterocycles. The third-order valence-corrected chi connectivity index (χ3v) is 6.76. The van der Waals surface area contributed by atoms with Gasteiger partial charge in [-0.25, -0.2) is 9.18 Å². The maximum atomic E-state index is 15.3. The summed E-state index contributed by atoms with van der Waals surface area (Å²) >= 11 is 0. The second kappa shape index (κ2) is 7.85. The van der Waals surface area contributed by atoms with E-state index in [4.69, 9.17) is 5.73 Å². The maximum Gasteiger partial charge on any atom is 0.428 e. The van der Waals surface area contributed by atoms with Crippen molar-refractivity contribution in [1.82, 2.24) is 9.55 Å². The van der Waals surface area contributed by atoms with Gasteiger partial charge in [0, 0.05) is 30.6 Å². The van der Waals surface area contributed by atoms with Crippen LogP contribution in [-0.4, -0.2) is 56.9 Å². The largest absolute Gasteiger partial charge is 0.428 e. The number of alkyl halides is 6. The predicted molar refractivity (Wildman–Crippen MR) is 110 cm³/mol. The molecule has 0 spiro atoms. The Hall–Kier alpha value is -2.81. The average molecular weight is 514 g/mol. The van der Waals surface area contributed by atoms with Crippen LogP contribution in [0.3, 0.4) is 0 Å². The molecule has 8 nitrogen and oxygen atoms in total. The fourth-order valence-electron chi connectivity index (χ4n) is 4.82. The number of nitrogen functional groups attached to an aromatic ring is 1. The van der Waals surface area contributed by atoms with Gasteiger partial charge in [-0.1, -0.05) is 0 Å². The molecular formula is C20H21F7N4O4. The number of fused-ring (bicyclic) bond motifs is 1. The Morgan fingerprint density at radius 3 is 2.17 bits per heavy atom. The first kappa shape index (κ1) is 25.3. The van der Waals surface area contributed by atoms with Gasteiger partial charge in [0.1, 0.15) is 6.10 Å². The van der Waals surface area contributed by atoms with Crippen molar-refractivity contribution in [3.05, 3.63) is 32.2 Å². The van der Waals surface area contributed by atoms with E-state index in [-0.39, 0.29) is 34.7 Å². The predicted octanol–water partition coefficient (Wildman–Crippen LogP) is 2.10. The normalized spacial score (nSPS) is 20.6. The second-order valence-electron chi connectivity index (χ2n) is 8.99. The molecule has 0 bridgehead atoms. The van der Waals surface area contributed by atoms with E-state index < -0.39 is 65.7 Å². The van der Waals surface area contributed by atoms with E-state index >= 15 is 4.39 Å². The second-order valence-corrected chi connectivity index (χ2v) is 8.99. The minimum atomic E-state index is -6.23. The van der Waals surface area contributed by atoms with Crippen molar-refractivity contribution in [3.8, 4) is 0 Å². The minimum absolute atomic E-state index is 0.0150. The van der Waals surface area contributed by atoms with Crippen LogP contribution in [0.5, 0.6) is 0 Å². The number of hydrogen-bond acceptors (Lipinski definition) is 6. The lowest BCUT2D eigenvalue weighted by Gasteiger charge is -2.38. The lowest BCUT2D eigenvalue weighted by Crippen LogP contribution is -2.66. The molecule has 2 aliphatic rings. The molecule has 194 valence electrons. The van der Waals surface area contributed by atoms with Crippen LogP contribution in [0.4, 0.5) is 42.1 Å². The minimum Gasteiger partial charge on any atom is -0.396 e. The number of anilines is 2. The highest BCUT2D eigenvalue weighted by Gasteiger charge is 2.75. The van der Waals surface area contributed by atoms with E-state index in [0.29, 0.717) is 12.8 Å². The zero-order chi connectivity index (χ0) is 26.2. The molecule has 1 aliphatic heterocycles. The number of nitrogens with one attached hydrogen (secondary N) is 1. The summed E-state index contributed by atoms with van der Waals surface area (Å²) in [7, 11) is 0. The van der Waals surface area contributed by atoms with Gasteiger partial charge in [0.05, 0.1) is 22.3 Å². The lowest BCUT2D eigenvalue weighted by atomic mass is 9.85. The topological polar surface area (TPSA) is 125 Å². The van der Waals surface area contributed by atoms with Crippen LogP contribution in [0.1, 0.15) is 30.9 Å². The first-order valence-electron chi connectivity index (χ1n) is 10.6. The molecule has 1 saturated heterocycles. The summed E-state index contributed by atoms with van der Waals surface area (Å²) in [4.78, 5) is 28.0. The van der Waals surface area contributed by atoms with Crippen molar-refractivity contribution >= 4 is 22.3 Å². The fourth-order valence-corrected chi connectivity index (χ4v) is 4.82. The summed E-state index contributed by atoms with van der Waals surface area (Å²) in [5.41, 5.74) is -2.14. The van der Waals surface area contributed by atoms with Gasteiger partial charge in [-0.2, -0.15) is 26.3 Å². The number of H-pyrrole nitrogens is 1. The Morgan fingerprint density at radius 2 is 1.66 bits per heavy atom. The Labute approximate surface area is 191 Å². The quantitative estimate of drug-likeness (QED) is 0.366. The molecular weight excluding hydrogens is 493 g/mol. The van der Waals surface area contributed by atoms with Gasteiger partial charge in [0.2, 0.25) is 0 Å². The van der Waals surface area contributed by atoms with E-state index in [9.17, 15) is 46.1 Å². The van der Waals surface area contributed by atoms with Gasteiger partial charge in [-0.3, -0.25) is 14.3 Å². The highest BCUT2D eigenvalue weighted by atomic mass is 19.4. The standard InChI is InChI=1S/C20H21F7N4O4/c1-7-13-10(16(33)29-17(34)31(13)9-2-3-9)12(28)11(21)14(7)30-5-4-8(6-30)15(32)18(35,19(22,23)24)20(25,26)27/h8-9,15,32,35H,2-6,28H2,1H3,(H,29,33,34). The van der Waals surface area contributed by atoms with Gasteiger partial charge in [-0.15, -0.1) is 0 Å². The van der Waals surface area contributed by atoms with Crippen LogP contribution in [0, 0.1) is 18.7 Å². The molecule has 1 aliphatic carbocycles. The number of halogens is 7. The zero-order valence-corrected chi connectivity index (χ0v) is 18.1. The molecule has 0 radical (unpaired) electrons. The number of aromatic amines is 1. The van der Waals surface area contributed by atoms with Gasteiger partial charge in [-0.05, 0) is 26.2 Å².